The fraction of sp³-hybridized carbons (Fsp3) is 0.909. The molecule has 1 rings (SSSR count). The Labute approximate surface area is 96.5 Å². The first-order valence-corrected chi connectivity index (χ1v) is 6.75. The van der Waals surface area contributed by atoms with E-state index in [0.717, 1.165) is 6.54 Å². The lowest BCUT2D eigenvalue weighted by Gasteiger charge is -2.25. The second-order valence-electron chi connectivity index (χ2n) is 4.11. The first-order valence-electron chi connectivity index (χ1n) is 5.59. The summed E-state index contributed by atoms with van der Waals surface area (Å²) in [6.07, 6.45) is 1.25. The Kier molecular flexibility index (Phi) is 5.47. The van der Waals surface area contributed by atoms with Crippen molar-refractivity contribution >= 4 is 17.7 Å². The summed E-state index contributed by atoms with van der Waals surface area (Å²) in [6.45, 7) is 5.08. The highest BCUT2D eigenvalue weighted by molar-refractivity contribution is 7.99. The van der Waals surface area contributed by atoms with E-state index in [2.05, 4.69) is 11.9 Å². The Balaban J connectivity index is 2.29. The predicted molar refractivity (Wildman–Crippen MR) is 64.2 cm³/mol. The molecule has 2 unspecified atom stereocenters. The SMILES string of the molecule is CCOC(=O)C(C)CN(C)C1CCSC1. The van der Waals surface area contributed by atoms with Crippen LogP contribution in [0.3, 0.4) is 0 Å². The minimum Gasteiger partial charge on any atom is -0.466 e. The smallest absolute Gasteiger partial charge is 0.309 e. The maximum Gasteiger partial charge on any atom is 0.309 e. The van der Waals surface area contributed by atoms with E-state index in [1.54, 1.807) is 0 Å². The standard InChI is InChI=1S/C11H21NO2S/c1-4-14-11(13)9(2)7-12(3)10-5-6-15-8-10/h9-10H,4-8H2,1-3H3. The van der Waals surface area contributed by atoms with Crippen LogP contribution in [0.15, 0.2) is 0 Å². The average Bonchev–Trinajstić information content (AvgIpc) is 2.70. The third-order valence-corrected chi connectivity index (χ3v) is 3.92. The van der Waals surface area contributed by atoms with Gasteiger partial charge in [0.15, 0.2) is 0 Å². The number of hydrogen-bond donors (Lipinski definition) is 0. The fourth-order valence-electron chi connectivity index (χ4n) is 1.81. The van der Waals surface area contributed by atoms with Crippen LogP contribution >= 0.6 is 11.8 Å². The molecule has 15 heavy (non-hydrogen) atoms. The van der Waals surface area contributed by atoms with E-state index < -0.39 is 0 Å². The molecule has 0 bridgehead atoms. The van der Waals surface area contributed by atoms with Crippen molar-refractivity contribution in [2.75, 3.05) is 31.7 Å². The van der Waals surface area contributed by atoms with Crippen molar-refractivity contribution in [1.29, 1.82) is 0 Å². The van der Waals surface area contributed by atoms with Crippen LogP contribution in [-0.4, -0.2) is 48.6 Å². The average molecular weight is 231 g/mol. The number of ether oxygens (including phenoxy) is 1. The van der Waals surface area contributed by atoms with E-state index in [-0.39, 0.29) is 11.9 Å². The van der Waals surface area contributed by atoms with Crippen LogP contribution in [0.2, 0.25) is 0 Å². The summed E-state index contributed by atoms with van der Waals surface area (Å²) in [7, 11) is 2.10. The van der Waals surface area contributed by atoms with E-state index in [9.17, 15) is 4.79 Å². The molecule has 0 aromatic rings. The molecule has 1 heterocycles. The lowest BCUT2D eigenvalue weighted by molar-refractivity contribution is -0.148. The molecular formula is C11H21NO2S. The summed E-state index contributed by atoms with van der Waals surface area (Å²) in [6, 6.07) is 0.645. The Hall–Kier alpha value is -0.220. The Morgan fingerprint density at radius 2 is 2.40 bits per heavy atom. The van der Waals surface area contributed by atoms with Crippen LogP contribution in [0.4, 0.5) is 0 Å². The highest BCUT2D eigenvalue weighted by Crippen LogP contribution is 2.21. The Morgan fingerprint density at radius 3 is 2.93 bits per heavy atom. The first kappa shape index (κ1) is 12.8. The summed E-state index contributed by atoms with van der Waals surface area (Å²) >= 11 is 2.00. The topological polar surface area (TPSA) is 29.5 Å². The van der Waals surface area contributed by atoms with Gasteiger partial charge < -0.3 is 9.64 Å². The van der Waals surface area contributed by atoms with E-state index in [0.29, 0.717) is 12.6 Å². The molecule has 0 aliphatic carbocycles. The molecule has 0 amide bonds. The molecule has 1 aliphatic heterocycles. The number of rotatable bonds is 5. The molecule has 3 nitrogen and oxygen atoms in total. The Bertz CT molecular complexity index is 205. The maximum atomic E-state index is 11.4. The van der Waals surface area contributed by atoms with Gasteiger partial charge in [0, 0.05) is 18.3 Å². The zero-order chi connectivity index (χ0) is 11.3. The third kappa shape index (κ3) is 4.03. The molecule has 0 N–H and O–H groups in total. The molecule has 1 saturated heterocycles. The van der Waals surface area contributed by atoms with Gasteiger partial charge in [-0.05, 0) is 26.1 Å². The number of carbonyl (C=O) groups excluding carboxylic acids is 1. The zero-order valence-electron chi connectivity index (χ0n) is 9.86. The van der Waals surface area contributed by atoms with Gasteiger partial charge in [0.25, 0.3) is 0 Å². The van der Waals surface area contributed by atoms with Crippen molar-refractivity contribution in [2.45, 2.75) is 26.3 Å². The molecule has 0 saturated carbocycles. The van der Waals surface area contributed by atoms with Gasteiger partial charge in [0.1, 0.15) is 0 Å². The lowest BCUT2D eigenvalue weighted by Crippen LogP contribution is -2.37. The molecular weight excluding hydrogens is 210 g/mol. The minimum atomic E-state index is -0.0741. The summed E-state index contributed by atoms with van der Waals surface area (Å²) in [4.78, 5) is 13.7. The number of carbonyl (C=O) groups is 1. The zero-order valence-corrected chi connectivity index (χ0v) is 10.7. The second kappa shape index (κ2) is 6.38. The highest BCUT2D eigenvalue weighted by atomic mass is 32.2. The molecule has 1 aliphatic rings. The van der Waals surface area contributed by atoms with Crippen molar-refractivity contribution < 1.29 is 9.53 Å². The number of thioether (sulfide) groups is 1. The van der Waals surface area contributed by atoms with Crippen LogP contribution < -0.4 is 0 Å². The largest absolute Gasteiger partial charge is 0.466 e. The number of nitrogens with zero attached hydrogens (tertiary/aromatic N) is 1. The quantitative estimate of drug-likeness (QED) is 0.673. The molecule has 0 aromatic carbocycles. The molecule has 0 radical (unpaired) electrons. The van der Waals surface area contributed by atoms with Crippen LogP contribution in [0.5, 0.6) is 0 Å². The van der Waals surface area contributed by atoms with Crippen LogP contribution in [-0.2, 0) is 9.53 Å². The van der Waals surface area contributed by atoms with E-state index >= 15 is 0 Å². The Morgan fingerprint density at radius 1 is 1.67 bits per heavy atom. The minimum absolute atomic E-state index is 0.0134. The molecule has 2 atom stereocenters. The summed E-state index contributed by atoms with van der Waals surface area (Å²) in [5.41, 5.74) is 0. The molecule has 4 heteroatoms. The molecule has 0 spiro atoms. The van der Waals surface area contributed by atoms with Crippen molar-refractivity contribution in [3.8, 4) is 0 Å². The predicted octanol–water partition coefficient (Wildman–Crippen LogP) is 1.62. The van der Waals surface area contributed by atoms with Gasteiger partial charge >= 0.3 is 5.97 Å². The lowest BCUT2D eigenvalue weighted by atomic mass is 10.1. The van der Waals surface area contributed by atoms with E-state index in [4.69, 9.17) is 4.74 Å². The van der Waals surface area contributed by atoms with Gasteiger partial charge in [-0.15, -0.1) is 0 Å². The highest BCUT2D eigenvalue weighted by Gasteiger charge is 2.23. The normalized spacial score (nSPS) is 23.1. The summed E-state index contributed by atoms with van der Waals surface area (Å²) in [5.74, 6) is 2.37. The van der Waals surface area contributed by atoms with Crippen molar-refractivity contribution in [3.63, 3.8) is 0 Å². The summed E-state index contributed by atoms with van der Waals surface area (Å²) in [5, 5.41) is 0. The van der Waals surface area contributed by atoms with Crippen LogP contribution in [0.1, 0.15) is 20.3 Å². The van der Waals surface area contributed by atoms with Gasteiger partial charge in [-0.2, -0.15) is 11.8 Å². The molecule has 1 fully saturated rings. The van der Waals surface area contributed by atoms with Crippen LogP contribution in [0, 0.1) is 5.92 Å². The first-order chi connectivity index (χ1) is 7.15. The van der Waals surface area contributed by atoms with Gasteiger partial charge in [0.2, 0.25) is 0 Å². The number of esters is 1. The molecule has 0 aromatic heterocycles. The second-order valence-corrected chi connectivity index (χ2v) is 5.26. The van der Waals surface area contributed by atoms with E-state index in [1.165, 1.54) is 17.9 Å². The van der Waals surface area contributed by atoms with Crippen molar-refractivity contribution in [3.05, 3.63) is 0 Å². The number of hydrogen-bond acceptors (Lipinski definition) is 4. The van der Waals surface area contributed by atoms with Crippen molar-refractivity contribution in [1.82, 2.24) is 4.90 Å². The van der Waals surface area contributed by atoms with E-state index in [1.807, 2.05) is 25.6 Å². The summed E-state index contributed by atoms with van der Waals surface area (Å²) < 4.78 is 5.00. The fourth-order valence-corrected chi connectivity index (χ4v) is 3.11. The molecule has 88 valence electrons. The van der Waals surface area contributed by atoms with Gasteiger partial charge in [-0.1, -0.05) is 6.92 Å². The monoisotopic (exact) mass is 231 g/mol. The van der Waals surface area contributed by atoms with Gasteiger partial charge in [0.05, 0.1) is 12.5 Å². The third-order valence-electron chi connectivity index (χ3n) is 2.78. The van der Waals surface area contributed by atoms with Gasteiger partial charge in [-0.3, -0.25) is 4.79 Å². The van der Waals surface area contributed by atoms with Crippen molar-refractivity contribution in [2.24, 2.45) is 5.92 Å². The maximum absolute atomic E-state index is 11.4. The van der Waals surface area contributed by atoms with Crippen LogP contribution in [0.25, 0.3) is 0 Å². The van der Waals surface area contributed by atoms with Gasteiger partial charge in [-0.25, -0.2) is 0 Å².